The quantitative estimate of drug-likeness (QED) is 0.231. The minimum atomic E-state index is 0.273. The van der Waals surface area contributed by atoms with Gasteiger partial charge >= 0.3 is 0 Å². The number of nitrogens with zero attached hydrogens (tertiary/aromatic N) is 2. The van der Waals surface area contributed by atoms with Crippen molar-refractivity contribution < 1.29 is 5.21 Å². The van der Waals surface area contributed by atoms with Crippen molar-refractivity contribution in [1.82, 2.24) is 0 Å². The van der Waals surface area contributed by atoms with Crippen LogP contribution in [0, 0.1) is 0 Å². The summed E-state index contributed by atoms with van der Waals surface area (Å²) in [7, 11) is 4.03. The van der Waals surface area contributed by atoms with Gasteiger partial charge in [-0.15, -0.1) is 0 Å². The summed E-state index contributed by atoms with van der Waals surface area (Å²) in [6.45, 7) is 0.803. The molecule has 0 radical (unpaired) electrons. The van der Waals surface area contributed by atoms with Crippen LogP contribution in [0.1, 0.15) is 12.8 Å². The van der Waals surface area contributed by atoms with Gasteiger partial charge in [-0.25, -0.2) is 0 Å². The third kappa shape index (κ3) is 4.63. The summed E-state index contributed by atoms with van der Waals surface area (Å²) in [4.78, 5) is 2.06. The Labute approximate surface area is 102 Å². The van der Waals surface area contributed by atoms with E-state index < -0.39 is 0 Å². The van der Waals surface area contributed by atoms with Gasteiger partial charge in [0.05, 0.1) is 0 Å². The molecule has 0 amide bonds. The maximum absolute atomic E-state index is 8.37. The Morgan fingerprint density at radius 1 is 1.35 bits per heavy atom. The predicted molar refractivity (Wildman–Crippen MR) is 71.9 cm³/mol. The summed E-state index contributed by atoms with van der Waals surface area (Å²) in [6.07, 6.45) is 1.44. The van der Waals surface area contributed by atoms with Crippen molar-refractivity contribution >= 4 is 17.2 Å². The first-order valence-electron chi connectivity index (χ1n) is 5.61. The molecule has 1 aromatic carbocycles. The summed E-state index contributed by atoms with van der Waals surface area (Å²) in [5, 5.41) is 14.6. The molecule has 0 saturated carbocycles. The molecule has 5 nitrogen and oxygen atoms in total. The van der Waals surface area contributed by atoms with Crippen LogP contribution in [0.25, 0.3) is 0 Å². The minimum absolute atomic E-state index is 0.273. The van der Waals surface area contributed by atoms with E-state index in [4.69, 9.17) is 10.9 Å². The van der Waals surface area contributed by atoms with Gasteiger partial charge in [-0.2, -0.15) is 0 Å². The molecule has 1 rings (SSSR count). The van der Waals surface area contributed by atoms with Crippen LogP contribution >= 0.6 is 0 Å². The maximum atomic E-state index is 8.37. The van der Waals surface area contributed by atoms with Gasteiger partial charge in [0.25, 0.3) is 0 Å². The van der Waals surface area contributed by atoms with E-state index in [0.29, 0.717) is 6.42 Å². The second-order valence-electron chi connectivity index (χ2n) is 4.06. The number of amidine groups is 1. The number of hydrogen-bond donors (Lipinski definition) is 3. The molecule has 17 heavy (non-hydrogen) atoms. The molecular weight excluding hydrogens is 216 g/mol. The van der Waals surface area contributed by atoms with Crippen LogP contribution in [0.5, 0.6) is 0 Å². The SMILES string of the molecule is CN(C)c1ccc(NCCCC(N)=NO)cc1. The molecule has 4 N–H and O–H groups in total. The molecule has 0 unspecified atom stereocenters. The van der Waals surface area contributed by atoms with Crippen molar-refractivity contribution in [3.8, 4) is 0 Å². The van der Waals surface area contributed by atoms with E-state index in [1.54, 1.807) is 0 Å². The minimum Gasteiger partial charge on any atom is -0.409 e. The zero-order valence-electron chi connectivity index (χ0n) is 10.3. The van der Waals surface area contributed by atoms with Crippen LogP contribution in [0.2, 0.25) is 0 Å². The fourth-order valence-corrected chi connectivity index (χ4v) is 1.43. The van der Waals surface area contributed by atoms with Crippen LogP contribution in [-0.2, 0) is 0 Å². The number of rotatable bonds is 6. The third-order valence-corrected chi connectivity index (χ3v) is 2.45. The lowest BCUT2D eigenvalue weighted by Crippen LogP contribution is -2.13. The third-order valence-electron chi connectivity index (χ3n) is 2.45. The topological polar surface area (TPSA) is 73.9 Å². The average molecular weight is 236 g/mol. The highest BCUT2D eigenvalue weighted by Gasteiger charge is 1.96. The van der Waals surface area contributed by atoms with Crippen molar-refractivity contribution in [2.75, 3.05) is 30.9 Å². The van der Waals surface area contributed by atoms with Gasteiger partial charge in [-0.3, -0.25) is 0 Å². The molecular formula is C12H20N4O. The molecule has 0 aromatic heterocycles. The number of hydrogen-bond acceptors (Lipinski definition) is 4. The second-order valence-corrected chi connectivity index (χ2v) is 4.06. The molecule has 0 atom stereocenters. The highest BCUT2D eigenvalue weighted by molar-refractivity contribution is 5.79. The Morgan fingerprint density at radius 3 is 2.53 bits per heavy atom. The fourth-order valence-electron chi connectivity index (χ4n) is 1.43. The van der Waals surface area contributed by atoms with Crippen LogP contribution in [-0.4, -0.2) is 31.7 Å². The van der Waals surface area contributed by atoms with Crippen molar-refractivity contribution in [2.24, 2.45) is 10.9 Å². The zero-order valence-corrected chi connectivity index (χ0v) is 10.3. The normalized spacial score (nSPS) is 11.3. The molecule has 1 aromatic rings. The van der Waals surface area contributed by atoms with Crippen molar-refractivity contribution in [2.45, 2.75) is 12.8 Å². The summed E-state index contributed by atoms with van der Waals surface area (Å²) in [5.74, 6) is 0.273. The maximum Gasteiger partial charge on any atom is 0.139 e. The summed E-state index contributed by atoms with van der Waals surface area (Å²) in [5.41, 5.74) is 7.62. The van der Waals surface area contributed by atoms with Crippen LogP contribution in [0.15, 0.2) is 29.4 Å². The molecule has 5 heteroatoms. The Morgan fingerprint density at radius 2 is 2.00 bits per heavy atom. The van der Waals surface area contributed by atoms with Crippen molar-refractivity contribution in [3.05, 3.63) is 24.3 Å². The average Bonchev–Trinajstić information content (AvgIpc) is 2.34. The largest absolute Gasteiger partial charge is 0.409 e. The molecule has 0 heterocycles. The number of nitrogens with two attached hydrogens (primary N) is 1. The Hall–Kier alpha value is -1.91. The standard InChI is InChI=1S/C12H20N4O/c1-16(2)11-7-5-10(6-8-11)14-9-3-4-12(13)15-17/h5-8,14,17H,3-4,9H2,1-2H3,(H2,13,15). The van der Waals surface area contributed by atoms with Gasteiger partial charge in [0.2, 0.25) is 0 Å². The molecule has 94 valence electrons. The lowest BCUT2D eigenvalue weighted by molar-refractivity contribution is 0.316. The summed E-state index contributed by atoms with van der Waals surface area (Å²) >= 11 is 0. The first-order valence-corrected chi connectivity index (χ1v) is 5.61. The highest BCUT2D eigenvalue weighted by Crippen LogP contribution is 2.15. The summed E-state index contributed by atoms with van der Waals surface area (Å²) < 4.78 is 0. The fraction of sp³-hybridized carbons (Fsp3) is 0.417. The molecule has 0 bridgehead atoms. The lowest BCUT2D eigenvalue weighted by atomic mass is 10.2. The molecule has 0 fully saturated rings. The second kappa shape index (κ2) is 6.62. The molecule has 0 spiro atoms. The Kier molecular flexibility index (Phi) is 5.13. The van der Waals surface area contributed by atoms with Gasteiger partial charge < -0.3 is 21.2 Å². The first-order chi connectivity index (χ1) is 8.13. The number of nitrogens with one attached hydrogen (secondary N) is 1. The Bertz CT molecular complexity index is 359. The molecule has 0 aliphatic carbocycles. The highest BCUT2D eigenvalue weighted by atomic mass is 16.4. The van der Waals surface area contributed by atoms with Crippen molar-refractivity contribution in [3.63, 3.8) is 0 Å². The van der Waals surface area contributed by atoms with E-state index in [-0.39, 0.29) is 5.84 Å². The van der Waals surface area contributed by atoms with Gasteiger partial charge in [0.15, 0.2) is 0 Å². The number of anilines is 2. The molecule has 0 aliphatic rings. The lowest BCUT2D eigenvalue weighted by Gasteiger charge is -2.13. The van der Waals surface area contributed by atoms with E-state index in [1.165, 1.54) is 5.69 Å². The van der Waals surface area contributed by atoms with E-state index in [9.17, 15) is 0 Å². The van der Waals surface area contributed by atoms with Crippen LogP contribution in [0.3, 0.4) is 0 Å². The van der Waals surface area contributed by atoms with Crippen molar-refractivity contribution in [1.29, 1.82) is 0 Å². The predicted octanol–water partition coefficient (Wildman–Crippen LogP) is 1.69. The van der Waals surface area contributed by atoms with E-state index in [0.717, 1.165) is 18.7 Å². The van der Waals surface area contributed by atoms with E-state index in [1.807, 2.05) is 26.2 Å². The Balaban J connectivity index is 2.32. The van der Waals surface area contributed by atoms with Gasteiger partial charge in [-0.05, 0) is 30.7 Å². The van der Waals surface area contributed by atoms with E-state index >= 15 is 0 Å². The first kappa shape index (κ1) is 13.2. The number of oxime groups is 1. The summed E-state index contributed by atoms with van der Waals surface area (Å²) in [6, 6.07) is 8.20. The zero-order chi connectivity index (χ0) is 12.7. The van der Waals surface area contributed by atoms with Gasteiger partial charge in [0.1, 0.15) is 5.84 Å². The monoisotopic (exact) mass is 236 g/mol. The molecule has 0 aliphatic heterocycles. The number of benzene rings is 1. The van der Waals surface area contributed by atoms with Gasteiger partial charge in [-0.1, -0.05) is 5.16 Å². The molecule has 0 saturated heterocycles. The van der Waals surface area contributed by atoms with Gasteiger partial charge in [0, 0.05) is 38.4 Å². The van der Waals surface area contributed by atoms with E-state index in [2.05, 4.69) is 27.5 Å². The van der Waals surface area contributed by atoms with Crippen LogP contribution in [0.4, 0.5) is 11.4 Å². The smallest absolute Gasteiger partial charge is 0.139 e. The van der Waals surface area contributed by atoms with Crippen LogP contribution < -0.4 is 16.0 Å².